The zero-order valence-electron chi connectivity index (χ0n) is 10.8. The van der Waals surface area contributed by atoms with Gasteiger partial charge in [0.05, 0.1) is 11.7 Å². The molecule has 0 atom stereocenters. The molecule has 0 aliphatic heterocycles. The van der Waals surface area contributed by atoms with E-state index in [1.807, 2.05) is 24.3 Å². The van der Waals surface area contributed by atoms with Crippen LogP contribution in [0.3, 0.4) is 0 Å². The molecule has 0 unspecified atom stereocenters. The van der Waals surface area contributed by atoms with Gasteiger partial charge in [-0.1, -0.05) is 18.2 Å². The van der Waals surface area contributed by atoms with E-state index in [2.05, 4.69) is 9.97 Å². The third kappa shape index (κ3) is 2.26. The smallest absolute Gasteiger partial charge is 0.142 e. The molecular weight excluding hydrogens is 255 g/mol. The average Bonchev–Trinajstić information content (AvgIpc) is 2.47. The first-order valence-corrected chi connectivity index (χ1v) is 6.38. The van der Waals surface area contributed by atoms with Crippen LogP contribution in [0.5, 0.6) is 0 Å². The van der Waals surface area contributed by atoms with Gasteiger partial charge in [0.25, 0.3) is 0 Å². The van der Waals surface area contributed by atoms with E-state index in [1.54, 1.807) is 12.4 Å². The fourth-order valence-corrected chi connectivity index (χ4v) is 2.39. The normalized spacial score (nSPS) is 10.9. The van der Waals surface area contributed by atoms with Crippen molar-refractivity contribution in [3.8, 4) is 11.1 Å². The van der Waals surface area contributed by atoms with Gasteiger partial charge in [-0.3, -0.25) is 9.97 Å². The van der Waals surface area contributed by atoms with Gasteiger partial charge in [-0.2, -0.15) is 0 Å². The Labute approximate surface area is 115 Å². The van der Waals surface area contributed by atoms with E-state index in [0.29, 0.717) is 12.0 Å². The molecule has 0 radical (unpaired) electrons. The van der Waals surface area contributed by atoms with E-state index in [4.69, 9.17) is 0 Å². The van der Waals surface area contributed by atoms with Crippen molar-refractivity contribution in [2.24, 2.45) is 0 Å². The number of aromatic nitrogens is 2. The van der Waals surface area contributed by atoms with Gasteiger partial charge in [-0.05, 0) is 24.1 Å². The highest BCUT2D eigenvalue weighted by Crippen LogP contribution is 2.31. The van der Waals surface area contributed by atoms with Crippen LogP contribution >= 0.6 is 0 Å². The van der Waals surface area contributed by atoms with Crippen LogP contribution in [0.1, 0.15) is 5.56 Å². The minimum Gasteiger partial charge on any atom is -0.396 e. The van der Waals surface area contributed by atoms with Gasteiger partial charge in [-0.25, -0.2) is 4.39 Å². The molecule has 100 valence electrons. The van der Waals surface area contributed by atoms with Gasteiger partial charge in [0.2, 0.25) is 0 Å². The number of hydrogen-bond donors (Lipinski definition) is 1. The molecule has 2 aromatic heterocycles. The molecular formula is C16H13FN2O. The van der Waals surface area contributed by atoms with E-state index < -0.39 is 0 Å². The van der Waals surface area contributed by atoms with Crippen LogP contribution in [0, 0.1) is 5.82 Å². The van der Waals surface area contributed by atoms with Gasteiger partial charge in [0, 0.05) is 35.5 Å². The van der Waals surface area contributed by atoms with Crippen molar-refractivity contribution in [3.05, 3.63) is 60.3 Å². The van der Waals surface area contributed by atoms with Crippen LogP contribution in [0.4, 0.5) is 4.39 Å². The van der Waals surface area contributed by atoms with Crippen LogP contribution < -0.4 is 0 Å². The lowest BCUT2D eigenvalue weighted by Gasteiger charge is -2.11. The van der Waals surface area contributed by atoms with Crippen molar-refractivity contribution >= 4 is 10.9 Å². The zero-order valence-corrected chi connectivity index (χ0v) is 10.8. The Kier molecular flexibility index (Phi) is 3.39. The van der Waals surface area contributed by atoms with Crippen molar-refractivity contribution in [3.63, 3.8) is 0 Å². The maximum absolute atomic E-state index is 13.4. The lowest BCUT2D eigenvalue weighted by Crippen LogP contribution is -1.97. The number of fused-ring (bicyclic) bond motifs is 1. The van der Waals surface area contributed by atoms with Crippen LogP contribution in [0.25, 0.3) is 22.0 Å². The van der Waals surface area contributed by atoms with Crippen LogP contribution in [-0.2, 0) is 6.42 Å². The largest absolute Gasteiger partial charge is 0.396 e. The molecule has 20 heavy (non-hydrogen) atoms. The third-order valence-electron chi connectivity index (χ3n) is 3.24. The molecule has 1 N–H and O–H groups in total. The average molecular weight is 268 g/mol. The van der Waals surface area contributed by atoms with Gasteiger partial charge < -0.3 is 5.11 Å². The number of benzene rings is 1. The first kappa shape index (κ1) is 12.7. The van der Waals surface area contributed by atoms with Gasteiger partial charge in [-0.15, -0.1) is 0 Å². The molecule has 3 aromatic rings. The highest BCUT2D eigenvalue weighted by Gasteiger charge is 2.11. The fourth-order valence-electron chi connectivity index (χ4n) is 2.39. The molecule has 0 bridgehead atoms. The van der Waals surface area contributed by atoms with Gasteiger partial charge in [0.15, 0.2) is 0 Å². The van der Waals surface area contributed by atoms with Crippen LogP contribution in [-0.4, -0.2) is 21.7 Å². The molecule has 0 saturated heterocycles. The predicted molar refractivity (Wildman–Crippen MR) is 75.7 cm³/mol. The Morgan fingerprint density at radius 3 is 2.85 bits per heavy atom. The Bertz CT molecular complexity index is 758. The Morgan fingerprint density at radius 1 is 1.15 bits per heavy atom. The minimum absolute atomic E-state index is 0.0358. The van der Waals surface area contributed by atoms with Crippen molar-refractivity contribution in [2.45, 2.75) is 6.42 Å². The summed E-state index contributed by atoms with van der Waals surface area (Å²) in [5, 5.41) is 10.2. The predicted octanol–water partition coefficient (Wildman–Crippen LogP) is 2.97. The Hall–Kier alpha value is -2.33. The molecule has 0 aliphatic carbocycles. The summed E-state index contributed by atoms with van der Waals surface area (Å²) in [6, 6.07) is 9.17. The number of aliphatic hydroxyl groups excluding tert-OH is 1. The number of rotatable bonds is 3. The second kappa shape index (κ2) is 5.35. The minimum atomic E-state index is -0.384. The van der Waals surface area contributed by atoms with Gasteiger partial charge in [0.1, 0.15) is 5.82 Å². The summed E-state index contributed by atoms with van der Waals surface area (Å²) in [6.45, 7) is 0.0358. The van der Waals surface area contributed by atoms with E-state index in [0.717, 1.165) is 22.0 Å². The summed E-state index contributed by atoms with van der Waals surface area (Å²) in [5.74, 6) is -0.384. The highest BCUT2D eigenvalue weighted by molar-refractivity contribution is 5.95. The quantitative estimate of drug-likeness (QED) is 0.794. The lowest BCUT2D eigenvalue weighted by atomic mass is 9.95. The third-order valence-corrected chi connectivity index (χ3v) is 3.24. The maximum atomic E-state index is 13.4. The van der Waals surface area contributed by atoms with Gasteiger partial charge >= 0.3 is 0 Å². The van der Waals surface area contributed by atoms with Crippen molar-refractivity contribution in [1.29, 1.82) is 0 Å². The van der Waals surface area contributed by atoms with E-state index in [1.165, 1.54) is 12.3 Å². The summed E-state index contributed by atoms with van der Waals surface area (Å²) >= 11 is 0. The summed E-state index contributed by atoms with van der Waals surface area (Å²) in [7, 11) is 0. The fraction of sp³-hybridized carbons (Fsp3) is 0.125. The van der Waals surface area contributed by atoms with E-state index >= 15 is 0 Å². The summed E-state index contributed by atoms with van der Waals surface area (Å²) in [4.78, 5) is 8.30. The standard InChI is InChI=1S/C16H13FN2O/c17-14-8-13(9-18-10-14)15-11(5-7-20)3-4-12-2-1-6-19-16(12)15/h1-4,6,8-10,20H,5,7H2. The number of aliphatic hydroxyl groups is 1. The molecule has 4 heteroatoms. The first-order valence-electron chi connectivity index (χ1n) is 6.38. The molecule has 1 aromatic carbocycles. The Morgan fingerprint density at radius 2 is 2.05 bits per heavy atom. The first-order chi connectivity index (χ1) is 9.79. The summed E-state index contributed by atoms with van der Waals surface area (Å²) < 4.78 is 13.4. The molecule has 0 amide bonds. The molecule has 3 rings (SSSR count). The maximum Gasteiger partial charge on any atom is 0.142 e. The number of halogens is 1. The molecule has 0 aliphatic rings. The van der Waals surface area contributed by atoms with Crippen LogP contribution in [0.15, 0.2) is 48.9 Å². The lowest BCUT2D eigenvalue weighted by molar-refractivity contribution is 0.300. The molecule has 3 nitrogen and oxygen atoms in total. The number of hydrogen-bond acceptors (Lipinski definition) is 3. The summed E-state index contributed by atoms with van der Waals surface area (Å²) in [5.41, 5.74) is 3.25. The molecule has 2 heterocycles. The molecule has 0 saturated carbocycles. The highest BCUT2D eigenvalue weighted by atomic mass is 19.1. The number of nitrogens with zero attached hydrogens (tertiary/aromatic N) is 2. The second-order valence-corrected chi connectivity index (χ2v) is 4.54. The van der Waals surface area contributed by atoms with Crippen LogP contribution in [0.2, 0.25) is 0 Å². The monoisotopic (exact) mass is 268 g/mol. The van der Waals surface area contributed by atoms with E-state index in [-0.39, 0.29) is 12.4 Å². The van der Waals surface area contributed by atoms with Crippen molar-refractivity contribution < 1.29 is 9.50 Å². The number of pyridine rings is 2. The van der Waals surface area contributed by atoms with E-state index in [9.17, 15) is 9.50 Å². The molecule has 0 fully saturated rings. The topological polar surface area (TPSA) is 46.0 Å². The zero-order chi connectivity index (χ0) is 13.9. The second-order valence-electron chi connectivity index (χ2n) is 4.54. The van der Waals surface area contributed by atoms with Crippen molar-refractivity contribution in [2.75, 3.05) is 6.61 Å². The molecule has 0 spiro atoms. The summed E-state index contributed by atoms with van der Waals surface area (Å²) in [6.07, 6.45) is 5.00. The Balaban J connectivity index is 2.32. The SMILES string of the molecule is OCCc1ccc2cccnc2c1-c1cncc(F)c1. The van der Waals surface area contributed by atoms with Crippen molar-refractivity contribution in [1.82, 2.24) is 9.97 Å².